The van der Waals surface area contributed by atoms with Crippen LogP contribution >= 0.6 is 0 Å². The van der Waals surface area contributed by atoms with Crippen LogP contribution in [0.5, 0.6) is 0 Å². The zero-order valence-electron chi connectivity index (χ0n) is 11.1. The fourth-order valence-corrected chi connectivity index (χ4v) is 2.39. The van der Waals surface area contributed by atoms with Crippen LogP contribution in [-0.2, 0) is 6.42 Å². The monoisotopic (exact) mass is 257 g/mol. The number of hydrogen-bond acceptors (Lipinski definition) is 1. The summed E-state index contributed by atoms with van der Waals surface area (Å²) >= 11 is 0. The van der Waals surface area contributed by atoms with Gasteiger partial charge < -0.3 is 17.2 Å². The first-order chi connectivity index (χ1) is 9.08. The van der Waals surface area contributed by atoms with Crippen molar-refractivity contribution in [1.82, 2.24) is 0 Å². The van der Waals surface area contributed by atoms with E-state index < -0.39 is 0 Å². The number of fused-ring (bicyclic) bond motifs is 1. The predicted molar refractivity (Wildman–Crippen MR) is 79.7 cm³/mol. The summed E-state index contributed by atoms with van der Waals surface area (Å²) in [5.74, 6) is 0.0624. The number of nitrogens with zero attached hydrogens (tertiary/aromatic N) is 2. The summed E-state index contributed by atoms with van der Waals surface area (Å²) in [5.41, 5.74) is 21.5. The first kappa shape index (κ1) is 13.1. The molecule has 0 aromatic heterocycles. The minimum atomic E-state index is -0.0668. The van der Waals surface area contributed by atoms with Crippen molar-refractivity contribution >= 4 is 17.5 Å². The van der Waals surface area contributed by atoms with Gasteiger partial charge in [0.1, 0.15) is 0 Å². The van der Waals surface area contributed by atoms with Gasteiger partial charge in [-0.05, 0) is 36.5 Å². The second kappa shape index (κ2) is 5.56. The molecule has 0 unspecified atom stereocenters. The SMILES string of the molecule is CC1=C(CCN=C(N)N=C(N)N)c2ccccc2C1. The van der Waals surface area contributed by atoms with Crippen molar-refractivity contribution in [3.8, 4) is 0 Å². The molecule has 0 saturated heterocycles. The largest absolute Gasteiger partial charge is 0.370 e. The highest BCUT2D eigenvalue weighted by atomic mass is 15.1. The lowest BCUT2D eigenvalue weighted by Gasteiger charge is -2.04. The Labute approximate surface area is 112 Å². The topological polar surface area (TPSA) is 103 Å². The molecule has 0 amide bonds. The van der Waals surface area contributed by atoms with E-state index in [2.05, 4.69) is 41.2 Å². The van der Waals surface area contributed by atoms with Crippen LogP contribution in [0.15, 0.2) is 39.8 Å². The molecule has 19 heavy (non-hydrogen) atoms. The Morgan fingerprint density at radius 3 is 2.68 bits per heavy atom. The molecule has 1 aromatic rings. The molecule has 0 radical (unpaired) electrons. The molecule has 6 N–H and O–H groups in total. The van der Waals surface area contributed by atoms with Crippen molar-refractivity contribution in [3.63, 3.8) is 0 Å². The molecule has 5 heteroatoms. The highest BCUT2D eigenvalue weighted by Gasteiger charge is 2.17. The Kier molecular flexibility index (Phi) is 3.85. The van der Waals surface area contributed by atoms with Crippen molar-refractivity contribution < 1.29 is 0 Å². The van der Waals surface area contributed by atoms with E-state index in [9.17, 15) is 0 Å². The number of rotatable bonds is 3. The third-order valence-electron chi connectivity index (χ3n) is 3.19. The average Bonchev–Trinajstić information content (AvgIpc) is 2.65. The molecule has 0 bridgehead atoms. The highest BCUT2D eigenvalue weighted by molar-refractivity contribution is 5.92. The standard InChI is InChI=1S/C14H19N5/c1-9-8-10-4-2-3-5-12(10)11(9)6-7-18-14(17)19-13(15)16/h2-5H,6-8H2,1H3,(H6,15,16,17,18,19). The first-order valence-corrected chi connectivity index (χ1v) is 6.24. The quantitative estimate of drug-likeness (QED) is 0.555. The number of nitrogens with two attached hydrogens (primary N) is 3. The van der Waals surface area contributed by atoms with Gasteiger partial charge in [0.05, 0.1) is 0 Å². The van der Waals surface area contributed by atoms with E-state index >= 15 is 0 Å². The molecule has 5 nitrogen and oxygen atoms in total. The van der Waals surface area contributed by atoms with Crippen LogP contribution in [0.2, 0.25) is 0 Å². The van der Waals surface area contributed by atoms with Gasteiger partial charge in [-0.2, -0.15) is 4.99 Å². The summed E-state index contributed by atoms with van der Waals surface area (Å²) in [6.45, 7) is 2.75. The molecule has 0 aliphatic heterocycles. The van der Waals surface area contributed by atoms with Crippen LogP contribution in [-0.4, -0.2) is 18.5 Å². The zero-order chi connectivity index (χ0) is 13.8. The average molecular weight is 257 g/mol. The van der Waals surface area contributed by atoms with E-state index in [4.69, 9.17) is 17.2 Å². The minimum absolute atomic E-state index is 0.0668. The smallest absolute Gasteiger partial charge is 0.218 e. The summed E-state index contributed by atoms with van der Waals surface area (Å²) in [6, 6.07) is 8.46. The third-order valence-corrected chi connectivity index (χ3v) is 3.19. The lowest BCUT2D eigenvalue weighted by atomic mass is 10.0. The molecule has 0 spiro atoms. The number of aliphatic imine (C=N–C) groups is 2. The van der Waals surface area contributed by atoms with Gasteiger partial charge in [-0.1, -0.05) is 29.8 Å². The number of benzene rings is 1. The van der Waals surface area contributed by atoms with Crippen LogP contribution in [0.4, 0.5) is 0 Å². The molecule has 1 aliphatic carbocycles. The van der Waals surface area contributed by atoms with Gasteiger partial charge in [-0.25, -0.2) is 0 Å². The van der Waals surface area contributed by atoms with E-state index in [1.807, 2.05) is 0 Å². The summed E-state index contributed by atoms with van der Waals surface area (Å²) in [7, 11) is 0. The second-order valence-electron chi connectivity index (χ2n) is 4.62. The molecule has 1 aromatic carbocycles. The maximum absolute atomic E-state index is 5.58. The van der Waals surface area contributed by atoms with Gasteiger partial charge in [0.2, 0.25) is 5.96 Å². The molecule has 0 atom stereocenters. The Morgan fingerprint density at radius 1 is 1.21 bits per heavy atom. The van der Waals surface area contributed by atoms with Crippen molar-refractivity contribution in [2.24, 2.45) is 27.2 Å². The summed E-state index contributed by atoms with van der Waals surface area (Å²) < 4.78 is 0. The van der Waals surface area contributed by atoms with Crippen molar-refractivity contribution in [3.05, 3.63) is 41.0 Å². The molecule has 0 saturated carbocycles. The summed E-state index contributed by atoms with van der Waals surface area (Å²) in [4.78, 5) is 7.84. The second-order valence-corrected chi connectivity index (χ2v) is 4.62. The van der Waals surface area contributed by atoms with Gasteiger partial charge in [0.15, 0.2) is 5.96 Å². The lowest BCUT2D eigenvalue weighted by Crippen LogP contribution is -2.26. The van der Waals surface area contributed by atoms with E-state index in [0.29, 0.717) is 6.54 Å². The van der Waals surface area contributed by atoms with Crippen LogP contribution in [0.3, 0.4) is 0 Å². The van der Waals surface area contributed by atoms with Gasteiger partial charge in [0, 0.05) is 6.54 Å². The van der Waals surface area contributed by atoms with E-state index in [-0.39, 0.29) is 11.9 Å². The fraction of sp³-hybridized carbons (Fsp3) is 0.286. The Morgan fingerprint density at radius 2 is 1.95 bits per heavy atom. The van der Waals surface area contributed by atoms with Gasteiger partial charge in [0.25, 0.3) is 0 Å². The minimum Gasteiger partial charge on any atom is -0.370 e. The summed E-state index contributed by atoms with van der Waals surface area (Å²) in [6.07, 6.45) is 1.88. The van der Waals surface area contributed by atoms with E-state index in [0.717, 1.165) is 12.8 Å². The third kappa shape index (κ3) is 3.13. The van der Waals surface area contributed by atoms with Crippen LogP contribution in [0.25, 0.3) is 5.57 Å². The first-order valence-electron chi connectivity index (χ1n) is 6.24. The highest BCUT2D eigenvalue weighted by Crippen LogP contribution is 2.34. The maximum Gasteiger partial charge on any atom is 0.218 e. The van der Waals surface area contributed by atoms with Crippen molar-refractivity contribution in [1.29, 1.82) is 0 Å². The van der Waals surface area contributed by atoms with Gasteiger partial charge >= 0.3 is 0 Å². The lowest BCUT2D eigenvalue weighted by molar-refractivity contribution is 1.01. The van der Waals surface area contributed by atoms with E-state index in [1.54, 1.807) is 0 Å². The Hall–Kier alpha value is -2.30. The number of hydrogen-bond donors (Lipinski definition) is 3. The number of allylic oxidation sites excluding steroid dienone is 1. The van der Waals surface area contributed by atoms with E-state index in [1.165, 1.54) is 22.3 Å². The molecular formula is C14H19N5. The maximum atomic E-state index is 5.58. The van der Waals surface area contributed by atoms with Crippen LogP contribution in [0, 0.1) is 0 Å². The Bertz CT molecular complexity index is 565. The predicted octanol–water partition coefficient (Wildman–Crippen LogP) is 0.994. The van der Waals surface area contributed by atoms with Crippen molar-refractivity contribution in [2.75, 3.05) is 6.54 Å². The summed E-state index contributed by atoms with van der Waals surface area (Å²) in [5, 5.41) is 0. The molecule has 1 aliphatic rings. The normalized spacial score (nSPS) is 14.5. The molecule has 0 heterocycles. The molecule has 0 fully saturated rings. The molecular weight excluding hydrogens is 238 g/mol. The van der Waals surface area contributed by atoms with Gasteiger partial charge in [-0.3, -0.25) is 4.99 Å². The molecule has 100 valence electrons. The Balaban J connectivity index is 2.05. The molecule has 2 rings (SSSR count). The zero-order valence-corrected chi connectivity index (χ0v) is 11.1. The van der Waals surface area contributed by atoms with Gasteiger partial charge in [-0.15, -0.1) is 0 Å². The fourth-order valence-electron chi connectivity index (χ4n) is 2.39. The van der Waals surface area contributed by atoms with Crippen LogP contribution < -0.4 is 17.2 Å². The van der Waals surface area contributed by atoms with Crippen LogP contribution in [0.1, 0.15) is 24.5 Å². The van der Waals surface area contributed by atoms with Crippen molar-refractivity contribution in [2.45, 2.75) is 19.8 Å². The number of guanidine groups is 2.